The van der Waals surface area contributed by atoms with Crippen molar-refractivity contribution < 1.29 is 51.2 Å². The molecule has 1 saturated heterocycles. The largest absolute Gasteiger partial charge is 0.491 e. The van der Waals surface area contributed by atoms with Crippen LogP contribution in [-0.2, 0) is 53.5 Å². The highest BCUT2D eigenvalue weighted by Gasteiger charge is 2.62. The second kappa shape index (κ2) is 14.9. The molecule has 0 bridgehead atoms. The van der Waals surface area contributed by atoms with E-state index in [1.54, 1.807) is 24.3 Å². The van der Waals surface area contributed by atoms with E-state index in [4.69, 9.17) is 9.39 Å². The minimum atomic E-state index is -3.94. The molecule has 4 heterocycles. The summed E-state index contributed by atoms with van der Waals surface area (Å²) < 4.78 is 53.4. The highest BCUT2D eigenvalue weighted by atomic mass is 32.2. The summed E-state index contributed by atoms with van der Waals surface area (Å²) in [6, 6.07) is 6.97. The molecule has 0 radical (unpaired) electrons. The first-order chi connectivity index (χ1) is 26.8. The van der Waals surface area contributed by atoms with E-state index in [0.717, 1.165) is 12.0 Å². The summed E-state index contributed by atoms with van der Waals surface area (Å²) in [5, 5.41) is 15.2. The number of sulfonamides is 1. The number of halogens is 1. The van der Waals surface area contributed by atoms with Crippen LogP contribution in [0.1, 0.15) is 84.8 Å². The highest BCUT2D eigenvalue weighted by molar-refractivity contribution is 7.91. The lowest BCUT2D eigenvalue weighted by molar-refractivity contribution is -0.141. The van der Waals surface area contributed by atoms with Crippen LogP contribution in [0.4, 0.5) is 9.18 Å². The van der Waals surface area contributed by atoms with Crippen molar-refractivity contribution in [3.05, 3.63) is 76.6 Å². The van der Waals surface area contributed by atoms with Crippen LogP contribution in [0.2, 0.25) is 0 Å². The Balaban J connectivity index is 1.06. The zero-order chi connectivity index (χ0) is 39.4. The SMILES string of the molecule is O=C(N[C@H]1CCCCC/C=C\[C@@H]2C[C@@]2(C(=O)NS(=O)(=O)C2CC2)NC(=O)C2C[C@@H](OC(=O)N3Cc4cccc(F)c4C3)CN2C1=O)c1ccc2c(c1)B(O)OC2. The summed E-state index contributed by atoms with van der Waals surface area (Å²) in [5.41, 5.74) is 0.811. The number of ether oxygens (including phenoxy) is 1. The fourth-order valence-electron chi connectivity index (χ4n) is 8.17. The molecule has 4 aliphatic heterocycles. The number of amides is 5. The summed E-state index contributed by atoms with van der Waals surface area (Å²) >= 11 is 0. The topological polar surface area (TPSA) is 201 Å². The number of allylic oxidation sites excluding steroid dienone is 1. The van der Waals surface area contributed by atoms with Crippen LogP contribution < -0.4 is 20.8 Å². The molecule has 0 spiro atoms. The molecule has 2 saturated carbocycles. The van der Waals surface area contributed by atoms with Crippen molar-refractivity contribution in [2.75, 3.05) is 6.54 Å². The van der Waals surface area contributed by atoms with E-state index in [2.05, 4.69) is 15.4 Å². The first kappa shape index (κ1) is 38.1. The van der Waals surface area contributed by atoms with Crippen molar-refractivity contribution in [2.45, 2.75) is 106 Å². The van der Waals surface area contributed by atoms with Gasteiger partial charge in [-0.3, -0.25) is 28.8 Å². The van der Waals surface area contributed by atoms with E-state index in [9.17, 15) is 41.8 Å². The molecule has 5 amide bonds. The van der Waals surface area contributed by atoms with Crippen LogP contribution in [0.25, 0.3) is 0 Å². The van der Waals surface area contributed by atoms with Crippen molar-refractivity contribution in [2.24, 2.45) is 5.92 Å². The minimum Gasteiger partial charge on any atom is -0.444 e. The van der Waals surface area contributed by atoms with Gasteiger partial charge in [0.1, 0.15) is 29.5 Å². The van der Waals surface area contributed by atoms with E-state index < -0.39 is 87.6 Å². The molecule has 18 heteroatoms. The molecule has 0 aromatic heterocycles. The molecule has 2 aromatic rings. The monoisotopic (exact) mass is 791 g/mol. The van der Waals surface area contributed by atoms with Crippen molar-refractivity contribution in [3.63, 3.8) is 0 Å². The van der Waals surface area contributed by atoms with Gasteiger partial charge in [-0.1, -0.05) is 43.2 Å². The van der Waals surface area contributed by atoms with Gasteiger partial charge in [-0.25, -0.2) is 17.6 Å². The van der Waals surface area contributed by atoms with Gasteiger partial charge in [-0.2, -0.15) is 0 Å². The van der Waals surface area contributed by atoms with Gasteiger partial charge >= 0.3 is 13.2 Å². The van der Waals surface area contributed by atoms with E-state index >= 15 is 0 Å². The smallest absolute Gasteiger partial charge is 0.444 e. The molecular weight excluding hydrogens is 748 g/mol. The number of hydrogen-bond donors (Lipinski definition) is 4. The third kappa shape index (κ3) is 7.53. The fraction of sp³-hybridized carbons (Fsp3) is 0.500. The van der Waals surface area contributed by atoms with Crippen LogP contribution in [0, 0.1) is 11.7 Å². The summed E-state index contributed by atoms with van der Waals surface area (Å²) in [4.78, 5) is 72.3. The predicted molar refractivity (Wildman–Crippen MR) is 197 cm³/mol. The Morgan fingerprint density at radius 1 is 1.05 bits per heavy atom. The summed E-state index contributed by atoms with van der Waals surface area (Å²) in [6.07, 6.45) is 5.67. The molecule has 2 aromatic carbocycles. The maximum Gasteiger partial charge on any atom is 0.491 e. The predicted octanol–water partition coefficient (Wildman–Crippen LogP) is 1.27. The van der Waals surface area contributed by atoms with Gasteiger partial charge < -0.3 is 29.9 Å². The normalized spacial score (nSPS) is 28.1. The quantitative estimate of drug-likeness (QED) is 0.244. The van der Waals surface area contributed by atoms with Crippen LogP contribution in [0.15, 0.2) is 48.6 Å². The van der Waals surface area contributed by atoms with Crippen LogP contribution >= 0.6 is 0 Å². The fourth-order valence-corrected chi connectivity index (χ4v) is 9.54. The molecule has 6 aliphatic rings. The van der Waals surface area contributed by atoms with Crippen molar-refractivity contribution in [1.29, 1.82) is 0 Å². The number of carbonyl (C=O) groups is 5. The zero-order valence-corrected chi connectivity index (χ0v) is 31.4. The maximum atomic E-state index is 14.6. The number of rotatable bonds is 6. The molecule has 2 aliphatic carbocycles. The highest BCUT2D eigenvalue weighted by Crippen LogP contribution is 2.46. The second-order valence-corrected chi connectivity index (χ2v) is 17.6. The third-order valence-corrected chi connectivity index (χ3v) is 13.5. The lowest BCUT2D eigenvalue weighted by Crippen LogP contribution is -2.58. The second-order valence-electron chi connectivity index (χ2n) is 15.6. The van der Waals surface area contributed by atoms with E-state index in [1.165, 1.54) is 21.9 Å². The van der Waals surface area contributed by atoms with Crippen LogP contribution in [-0.4, -0.2) is 95.6 Å². The number of nitrogens with one attached hydrogen (secondary N) is 3. The van der Waals surface area contributed by atoms with Gasteiger partial charge in [-0.05, 0) is 73.3 Å². The maximum absolute atomic E-state index is 14.6. The van der Waals surface area contributed by atoms with Gasteiger partial charge in [0.15, 0.2) is 0 Å². The summed E-state index contributed by atoms with van der Waals surface area (Å²) in [7, 11) is -5.13. The van der Waals surface area contributed by atoms with Crippen molar-refractivity contribution in [3.8, 4) is 0 Å². The summed E-state index contributed by atoms with van der Waals surface area (Å²) in [6.45, 7) is 0.0729. The molecule has 15 nitrogen and oxygen atoms in total. The Labute approximate surface area is 323 Å². The van der Waals surface area contributed by atoms with Gasteiger partial charge in [0.05, 0.1) is 24.9 Å². The van der Waals surface area contributed by atoms with Crippen molar-refractivity contribution >= 4 is 52.3 Å². The van der Waals surface area contributed by atoms with Gasteiger partial charge in [0, 0.05) is 30.0 Å². The minimum absolute atomic E-state index is 0.0175. The number of nitrogens with zero attached hydrogens (tertiary/aromatic N) is 2. The Bertz CT molecular complexity index is 2120. The molecule has 56 heavy (non-hydrogen) atoms. The van der Waals surface area contributed by atoms with Gasteiger partial charge in [-0.15, -0.1) is 0 Å². The lowest BCUT2D eigenvalue weighted by atomic mass is 9.78. The Morgan fingerprint density at radius 2 is 1.88 bits per heavy atom. The molecule has 5 atom stereocenters. The van der Waals surface area contributed by atoms with E-state index in [-0.39, 0.29) is 51.1 Å². The molecule has 4 N–H and O–H groups in total. The number of benzene rings is 2. The Morgan fingerprint density at radius 3 is 2.66 bits per heavy atom. The van der Waals surface area contributed by atoms with Crippen LogP contribution in [0.5, 0.6) is 0 Å². The first-order valence-electron chi connectivity index (χ1n) is 19.1. The number of hydrogen-bond acceptors (Lipinski definition) is 10. The average molecular weight is 792 g/mol. The molecule has 296 valence electrons. The number of carbonyl (C=O) groups excluding carboxylic acids is 5. The van der Waals surface area contributed by atoms with Gasteiger partial charge in [0.25, 0.3) is 11.8 Å². The van der Waals surface area contributed by atoms with Crippen molar-refractivity contribution in [1.82, 2.24) is 25.2 Å². The third-order valence-electron chi connectivity index (χ3n) is 11.7. The molecular formula is C38H43BFN5O10S. The molecule has 8 rings (SSSR count). The van der Waals surface area contributed by atoms with Crippen LogP contribution in [0.3, 0.4) is 0 Å². The Hall–Kier alpha value is -4.81. The molecule has 1 unspecified atom stereocenters. The zero-order valence-electron chi connectivity index (χ0n) is 30.6. The summed E-state index contributed by atoms with van der Waals surface area (Å²) in [5.74, 6) is -3.72. The number of fused-ring (bicyclic) bond motifs is 4. The van der Waals surface area contributed by atoms with E-state index in [1.807, 2.05) is 12.2 Å². The first-order valence-corrected chi connectivity index (χ1v) is 20.7. The van der Waals surface area contributed by atoms with Gasteiger partial charge in [0.2, 0.25) is 21.8 Å². The standard InChI is InChI=1S/C38H43BFN5O10S/c40-30-9-6-7-23-18-44(20-28(23)30)37(50)55-26-16-32-34(47)42-38(36(49)43-56(52,53)27-13-14-27)17-25(38)8-4-2-1-3-5-10-31(35(48)45(32)19-26)41-33(46)22-11-12-24-21-54-39(51)29(24)15-22/h4,6-9,11-12,15,25-27,31-32,51H,1-3,5,10,13-14,16-21H2,(H,41,46)(H,42,47)(H,43,49)/b8-4-/t25-,26-,31+,32?,38-/m1/s1. The lowest BCUT2D eigenvalue weighted by Gasteiger charge is -2.30. The Kier molecular flexibility index (Phi) is 10.2. The average Bonchev–Trinajstić information content (AvgIpc) is 4.00. The molecule has 3 fully saturated rings. The van der Waals surface area contributed by atoms with E-state index in [0.29, 0.717) is 48.7 Å².